The summed E-state index contributed by atoms with van der Waals surface area (Å²) in [4.78, 5) is 13.0. The van der Waals surface area contributed by atoms with Crippen molar-refractivity contribution in [2.75, 3.05) is 12.9 Å². The van der Waals surface area contributed by atoms with Gasteiger partial charge in [0.2, 0.25) is 10.0 Å². The van der Waals surface area contributed by atoms with Crippen LogP contribution >= 0.6 is 0 Å². The molecule has 1 saturated heterocycles. The molecule has 0 unspecified atom stereocenters. The minimum Gasteiger partial charge on any atom is -0.352 e. The average Bonchev–Trinajstić information content (AvgIpc) is 3.01. The lowest BCUT2D eigenvalue weighted by molar-refractivity contribution is -0.165. The van der Waals surface area contributed by atoms with Crippen LogP contribution in [0, 0.1) is 16.7 Å². The Morgan fingerprint density at radius 1 is 1.38 bits per heavy atom. The first kappa shape index (κ1) is 16.5. The van der Waals surface area contributed by atoms with E-state index in [9.17, 15) is 13.2 Å². The molecule has 3 fully saturated rings. The first-order valence-electron chi connectivity index (χ1n) is 8.64. The van der Waals surface area contributed by atoms with Gasteiger partial charge in [-0.2, -0.15) is 0 Å². The van der Waals surface area contributed by atoms with Crippen LogP contribution in [0.2, 0.25) is 0 Å². The van der Waals surface area contributed by atoms with Crippen LogP contribution in [-0.2, 0) is 24.3 Å². The molecule has 7 heteroatoms. The van der Waals surface area contributed by atoms with Crippen molar-refractivity contribution in [3.63, 3.8) is 0 Å². The minimum absolute atomic E-state index is 0.0395. The van der Waals surface area contributed by atoms with Crippen molar-refractivity contribution in [1.82, 2.24) is 4.31 Å². The quantitative estimate of drug-likeness (QED) is 0.705. The van der Waals surface area contributed by atoms with Crippen LogP contribution in [0.4, 0.5) is 0 Å². The zero-order valence-corrected chi connectivity index (χ0v) is 15.2. The highest BCUT2D eigenvalue weighted by molar-refractivity contribution is 7.90. The normalized spacial score (nSPS) is 44.7. The second-order valence-electron chi connectivity index (χ2n) is 8.15. The maximum atomic E-state index is 13.0. The molecule has 2 aliphatic carbocycles. The summed E-state index contributed by atoms with van der Waals surface area (Å²) in [5.41, 5.74) is -0.334. The minimum atomic E-state index is -3.60. The number of amides is 1. The van der Waals surface area contributed by atoms with E-state index in [4.69, 9.17) is 9.47 Å². The predicted molar refractivity (Wildman–Crippen MR) is 87.4 cm³/mol. The van der Waals surface area contributed by atoms with Crippen LogP contribution < -0.4 is 0 Å². The molecular weight excluding hydrogens is 330 g/mol. The van der Waals surface area contributed by atoms with Crippen molar-refractivity contribution in [3.05, 3.63) is 12.2 Å². The number of rotatable bonds is 2. The topological polar surface area (TPSA) is 72.9 Å². The summed E-state index contributed by atoms with van der Waals surface area (Å²) >= 11 is 0. The zero-order valence-electron chi connectivity index (χ0n) is 14.4. The third-order valence-corrected chi connectivity index (χ3v) is 8.99. The van der Waals surface area contributed by atoms with Crippen LogP contribution in [0.1, 0.15) is 39.5 Å². The molecule has 1 spiro atoms. The number of sulfonamides is 1. The van der Waals surface area contributed by atoms with Crippen molar-refractivity contribution >= 4 is 15.9 Å². The predicted octanol–water partition coefficient (Wildman–Crippen LogP) is 1.67. The molecule has 0 aromatic rings. The molecule has 1 amide bonds. The molecule has 2 saturated carbocycles. The number of fused-ring (bicyclic) bond motifs is 1. The zero-order chi connectivity index (χ0) is 17.3. The van der Waals surface area contributed by atoms with Gasteiger partial charge in [0.25, 0.3) is 5.91 Å². The van der Waals surface area contributed by atoms with Gasteiger partial charge in [0.1, 0.15) is 6.10 Å². The average molecular weight is 355 g/mol. The highest BCUT2D eigenvalue weighted by atomic mass is 32.2. The maximum absolute atomic E-state index is 13.0. The van der Waals surface area contributed by atoms with Gasteiger partial charge in [0.05, 0.1) is 11.8 Å². The number of hydrogen-bond acceptors (Lipinski definition) is 5. The summed E-state index contributed by atoms with van der Waals surface area (Å²) < 4.78 is 37.7. The van der Waals surface area contributed by atoms with E-state index in [2.05, 4.69) is 13.8 Å². The summed E-state index contributed by atoms with van der Waals surface area (Å²) in [6.45, 7) is 4.35. The van der Waals surface area contributed by atoms with Crippen molar-refractivity contribution in [1.29, 1.82) is 0 Å². The maximum Gasteiger partial charge on any atom is 0.265 e. The van der Waals surface area contributed by atoms with E-state index in [0.29, 0.717) is 12.3 Å². The van der Waals surface area contributed by atoms with Gasteiger partial charge in [-0.05, 0) is 36.7 Å². The van der Waals surface area contributed by atoms with Gasteiger partial charge in [-0.25, -0.2) is 12.7 Å². The van der Waals surface area contributed by atoms with Gasteiger partial charge in [-0.15, -0.1) is 0 Å². The van der Waals surface area contributed by atoms with Crippen LogP contribution in [-0.4, -0.2) is 49.9 Å². The molecule has 0 N–H and O–H groups in total. The number of carbonyl (C=O) groups is 1. The number of nitrogens with zero attached hydrogens (tertiary/aromatic N) is 1. The molecule has 2 heterocycles. The first-order valence-corrected chi connectivity index (χ1v) is 10.2. The van der Waals surface area contributed by atoms with Crippen molar-refractivity contribution in [3.8, 4) is 0 Å². The van der Waals surface area contributed by atoms with Crippen LogP contribution in [0.15, 0.2) is 12.2 Å². The van der Waals surface area contributed by atoms with E-state index in [1.807, 2.05) is 6.08 Å². The second-order valence-corrected chi connectivity index (χ2v) is 9.99. The van der Waals surface area contributed by atoms with Crippen LogP contribution in [0.25, 0.3) is 0 Å². The lowest BCUT2D eigenvalue weighted by Gasteiger charge is -2.37. The molecule has 24 heavy (non-hydrogen) atoms. The molecule has 2 bridgehead atoms. The highest BCUT2D eigenvalue weighted by Crippen LogP contribution is 2.70. The third-order valence-electron chi connectivity index (χ3n) is 7.08. The van der Waals surface area contributed by atoms with Crippen molar-refractivity contribution in [2.24, 2.45) is 16.7 Å². The van der Waals surface area contributed by atoms with Crippen molar-refractivity contribution < 1.29 is 22.7 Å². The Morgan fingerprint density at radius 2 is 2.12 bits per heavy atom. The fraction of sp³-hybridized carbons (Fsp3) is 0.824. The van der Waals surface area contributed by atoms with E-state index in [-0.39, 0.29) is 22.6 Å². The lowest BCUT2D eigenvalue weighted by atomic mass is 9.69. The molecule has 0 aromatic heterocycles. The monoisotopic (exact) mass is 355 g/mol. The van der Waals surface area contributed by atoms with Gasteiger partial charge in [-0.1, -0.05) is 19.9 Å². The molecule has 4 rings (SSSR count). The largest absolute Gasteiger partial charge is 0.352 e. The van der Waals surface area contributed by atoms with Gasteiger partial charge < -0.3 is 9.47 Å². The fourth-order valence-electron chi connectivity index (χ4n) is 5.59. The molecule has 0 radical (unpaired) electrons. The van der Waals surface area contributed by atoms with Crippen molar-refractivity contribution in [2.45, 2.75) is 58.0 Å². The SMILES string of the molecule is CO[C@@H]1C=CC[C@@H](C(=O)N2[C@H]3C[C@@H]4CC[C@@]3(CS2(=O)=O)C4(C)C)O1. The van der Waals surface area contributed by atoms with Gasteiger partial charge in [-0.3, -0.25) is 4.79 Å². The summed E-state index contributed by atoms with van der Waals surface area (Å²) in [6, 6.07) is -0.209. The van der Waals surface area contributed by atoms with Gasteiger partial charge >= 0.3 is 0 Å². The number of ether oxygens (including phenoxy) is 2. The Bertz CT molecular complexity index is 700. The summed E-state index contributed by atoms with van der Waals surface area (Å²) in [6.07, 6.45) is 5.31. The Hall–Kier alpha value is -0.920. The van der Waals surface area contributed by atoms with E-state index in [1.165, 1.54) is 11.4 Å². The summed E-state index contributed by atoms with van der Waals surface area (Å²) in [7, 11) is -2.09. The van der Waals surface area contributed by atoms with E-state index in [1.54, 1.807) is 6.08 Å². The van der Waals surface area contributed by atoms with E-state index < -0.39 is 28.3 Å². The standard InChI is InChI=1S/C17H25NO5S/c1-16(2)11-7-8-17(16)10-24(20,21)18(13(17)9-11)15(19)12-5-4-6-14(22-3)23-12/h4,6,11-14H,5,7-10H2,1-3H3/t11-,12-,13-,14-,17-/m0/s1. The first-order chi connectivity index (χ1) is 11.2. The van der Waals surface area contributed by atoms with Crippen LogP contribution in [0.5, 0.6) is 0 Å². The van der Waals surface area contributed by atoms with Gasteiger partial charge in [0.15, 0.2) is 6.29 Å². The molecule has 5 atom stereocenters. The molecule has 0 aromatic carbocycles. The molecule has 6 nitrogen and oxygen atoms in total. The molecular formula is C17H25NO5S. The Labute approximate surface area is 143 Å². The second kappa shape index (κ2) is 5.05. The smallest absolute Gasteiger partial charge is 0.265 e. The van der Waals surface area contributed by atoms with Crippen LogP contribution in [0.3, 0.4) is 0 Å². The molecule has 134 valence electrons. The fourth-order valence-corrected chi connectivity index (χ4v) is 8.16. The third kappa shape index (κ3) is 1.95. The number of carbonyl (C=O) groups excluding carboxylic acids is 1. The summed E-state index contributed by atoms with van der Waals surface area (Å²) in [5, 5.41) is 0. The molecule has 2 aliphatic heterocycles. The highest BCUT2D eigenvalue weighted by Gasteiger charge is 2.72. The molecule has 4 aliphatic rings. The lowest BCUT2D eigenvalue weighted by Crippen LogP contribution is -2.49. The van der Waals surface area contributed by atoms with E-state index in [0.717, 1.165) is 19.3 Å². The Balaban J connectivity index is 1.67. The Kier molecular flexibility index (Phi) is 3.48. The van der Waals surface area contributed by atoms with E-state index >= 15 is 0 Å². The Morgan fingerprint density at radius 3 is 2.79 bits per heavy atom. The number of hydrogen-bond donors (Lipinski definition) is 0. The summed E-state index contributed by atoms with van der Waals surface area (Å²) in [5.74, 6) is 0.162. The number of methoxy groups -OCH3 is 1. The van der Waals surface area contributed by atoms with Gasteiger partial charge in [0, 0.05) is 18.9 Å².